The Morgan fingerprint density at radius 1 is 1.29 bits per heavy atom. The summed E-state index contributed by atoms with van der Waals surface area (Å²) in [4.78, 5) is 0. The third-order valence-corrected chi connectivity index (χ3v) is 4.33. The van der Waals surface area contributed by atoms with Crippen LogP contribution in [0.25, 0.3) is 0 Å². The van der Waals surface area contributed by atoms with Gasteiger partial charge in [-0.25, -0.2) is 0 Å². The third kappa shape index (κ3) is 4.88. The second kappa shape index (κ2) is 6.77. The fraction of sp³-hybridized carbons (Fsp3) is 0.538. The molecule has 0 spiro atoms. The van der Waals surface area contributed by atoms with Gasteiger partial charge in [0, 0.05) is 28.3 Å². The van der Waals surface area contributed by atoms with Gasteiger partial charge in [-0.15, -0.1) is 0 Å². The molecule has 0 radical (unpaired) electrons. The summed E-state index contributed by atoms with van der Waals surface area (Å²) < 4.78 is 11.2. The van der Waals surface area contributed by atoms with Crippen molar-refractivity contribution in [2.24, 2.45) is 0 Å². The Hall–Kier alpha value is -0.870. The molecule has 0 bridgehead atoms. The van der Waals surface area contributed by atoms with E-state index in [4.69, 9.17) is 0 Å². The van der Waals surface area contributed by atoms with Gasteiger partial charge in [-0.05, 0) is 37.6 Å². The van der Waals surface area contributed by atoms with Crippen LogP contribution >= 0.6 is 0 Å². The van der Waals surface area contributed by atoms with E-state index < -0.39 is 10.8 Å². The van der Waals surface area contributed by atoms with E-state index in [1.807, 2.05) is 19.1 Å². The van der Waals surface area contributed by atoms with Crippen molar-refractivity contribution in [2.45, 2.75) is 31.6 Å². The summed E-state index contributed by atoms with van der Waals surface area (Å²) in [6.45, 7) is 4.94. The summed E-state index contributed by atoms with van der Waals surface area (Å²) in [6.07, 6.45) is 2.65. The second-order valence-electron chi connectivity index (χ2n) is 4.37. The van der Waals surface area contributed by atoms with E-state index in [1.165, 1.54) is 0 Å². The maximum atomic E-state index is 11.2. The van der Waals surface area contributed by atoms with Crippen LogP contribution in [0.1, 0.15) is 31.9 Å². The second-order valence-corrected chi connectivity index (χ2v) is 6.17. The lowest BCUT2D eigenvalue weighted by atomic mass is 10.1. The van der Waals surface area contributed by atoms with Crippen molar-refractivity contribution in [3.63, 3.8) is 0 Å². The Labute approximate surface area is 106 Å². The van der Waals surface area contributed by atoms with Gasteiger partial charge in [0.05, 0.1) is 0 Å². The van der Waals surface area contributed by atoms with Crippen LogP contribution in [-0.2, 0) is 10.8 Å². The Morgan fingerprint density at radius 2 is 1.88 bits per heavy atom. The fourth-order valence-electron chi connectivity index (χ4n) is 1.55. The zero-order valence-corrected chi connectivity index (χ0v) is 11.5. The lowest BCUT2D eigenvalue weighted by Crippen LogP contribution is -2.24. The number of phenolic OH excluding ortho intramolecular Hbond substituents is 1. The van der Waals surface area contributed by atoms with Crippen molar-refractivity contribution in [2.75, 3.05) is 12.8 Å². The quantitative estimate of drug-likeness (QED) is 0.819. The SMILES string of the molecule is CC(NCCC(C)S(C)=O)c1ccc(O)cc1. The Morgan fingerprint density at radius 3 is 2.41 bits per heavy atom. The van der Waals surface area contributed by atoms with Crippen LogP contribution in [0.2, 0.25) is 0 Å². The molecule has 2 N–H and O–H groups in total. The van der Waals surface area contributed by atoms with E-state index in [-0.39, 0.29) is 17.0 Å². The van der Waals surface area contributed by atoms with Gasteiger partial charge in [-0.1, -0.05) is 19.1 Å². The zero-order valence-electron chi connectivity index (χ0n) is 10.6. The lowest BCUT2D eigenvalue weighted by Gasteiger charge is -2.15. The van der Waals surface area contributed by atoms with Gasteiger partial charge in [0.2, 0.25) is 0 Å². The molecule has 0 aliphatic rings. The van der Waals surface area contributed by atoms with Crippen LogP contribution in [0.15, 0.2) is 24.3 Å². The Balaban J connectivity index is 2.37. The minimum Gasteiger partial charge on any atom is -0.508 e. The molecule has 0 fully saturated rings. The molecule has 0 aromatic heterocycles. The van der Waals surface area contributed by atoms with Crippen LogP contribution in [0.5, 0.6) is 5.75 Å². The van der Waals surface area contributed by atoms with Gasteiger partial charge in [-0.3, -0.25) is 4.21 Å². The van der Waals surface area contributed by atoms with Crippen LogP contribution in [0.3, 0.4) is 0 Å². The average molecular weight is 255 g/mol. The van der Waals surface area contributed by atoms with Crippen LogP contribution in [0.4, 0.5) is 0 Å². The van der Waals surface area contributed by atoms with Gasteiger partial charge >= 0.3 is 0 Å². The van der Waals surface area contributed by atoms with Crippen molar-refractivity contribution >= 4 is 10.8 Å². The van der Waals surface area contributed by atoms with Crippen LogP contribution in [0, 0.1) is 0 Å². The highest BCUT2D eigenvalue weighted by molar-refractivity contribution is 7.84. The predicted molar refractivity (Wildman–Crippen MR) is 72.7 cm³/mol. The zero-order chi connectivity index (χ0) is 12.8. The van der Waals surface area contributed by atoms with E-state index in [0.29, 0.717) is 0 Å². The minimum atomic E-state index is -0.746. The molecule has 4 heteroatoms. The van der Waals surface area contributed by atoms with Gasteiger partial charge in [0.15, 0.2) is 0 Å². The number of hydrogen-bond acceptors (Lipinski definition) is 3. The highest BCUT2D eigenvalue weighted by Crippen LogP contribution is 2.16. The number of nitrogens with one attached hydrogen (secondary N) is 1. The van der Waals surface area contributed by atoms with Gasteiger partial charge < -0.3 is 10.4 Å². The molecule has 0 amide bonds. The molecule has 1 aromatic rings. The largest absolute Gasteiger partial charge is 0.508 e. The summed E-state index contributed by atoms with van der Waals surface area (Å²) in [5, 5.41) is 12.8. The molecule has 0 heterocycles. The number of benzene rings is 1. The maximum absolute atomic E-state index is 11.2. The summed E-state index contributed by atoms with van der Waals surface area (Å²) >= 11 is 0. The van der Waals surface area contributed by atoms with Crippen LogP contribution in [-0.4, -0.2) is 27.4 Å². The topological polar surface area (TPSA) is 49.3 Å². The third-order valence-electron chi connectivity index (χ3n) is 2.96. The normalized spacial score (nSPS) is 16.4. The summed E-state index contributed by atoms with van der Waals surface area (Å²) in [5.41, 5.74) is 1.15. The first-order valence-electron chi connectivity index (χ1n) is 5.85. The average Bonchev–Trinajstić information content (AvgIpc) is 2.29. The first-order valence-corrected chi connectivity index (χ1v) is 7.47. The molecule has 3 nitrogen and oxygen atoms in total. The number of phenols is 1. The monoisotopic (exact) mass is 255 g/mol. The smallest absolute Gasteiger partial charge is 0.115 e. The molecule has 0 saturated carbocycles. The molecular weight excluding hydrogens is 234 g/mol. The van der Waals surface area contributed by atoms with E-state index in [1.54, 1.807) is 18.4 Å². The summed E-state index contributed by atoms with van der Waals surface area (Å²) in [7, 11) is -0.746. The fourth-order valence-corrected chi connectivity index (χ4v) is 2.00. The highest BCUT2D eigenvalue weighted by Gasteiger charge is 2.08. The molecule has 1 aromatic carbocycles. The van der Waals surface area contributed by atoms with Crippen molar-refractivity contribution < 1.29 is 9.32 Å². The van der Waals surface area contributed by atoms with Crippen molar-refractivity contribution in [1.82, 2.24) is 5.32 Å². The molecule has 1 rings (SSSR count). The van der Waals surface area contributed by atoms with Gasteiger partial charge in [-0.2, -0.15) is 0 Å². The molecule has 17 heavy (non-hydrogen) atoms. The van der Waals surface area contributed by atoms with E-state index in [2.05, 4.69) is 12.2 Å². The van der Waals surface area contributed by atoms with E-state index >= 15 is 0 Å². The molecule has 3 unspecified atom stereocenters. The van der Waals surface area contributed by atoms with Gasteiger partial charge in [0.25, 0.3) is 0 Å². The summed E-state index contributed by atoms with van der Waals surface area (Å²) in [5.74, 6) is 0.288. The molecule has 96 valence electrons. The predicted octanol–water partition coefficient (Wildman–Crippen LogP) is 2.20. The number of rotatable bonds is 6. The molecule has 3 atom stereocenters. The molecule has 0 aliphatic carbocycles. The lowest BCUT2D eigenvalue weighted by molar-refractivity contribution is 0.474. The first-order chi connectivity index (χ1) is 8.00. The van der Waals surface area contributed by atoms with Crippen molar-refractivity contribution in [3.8, 4) is 5.75 Å². The first kappa shape index (κ1) is 14.2. The molecule has 0 aliphatic heterocycles. The highest BCUT2D eigenvalue weighted by atomic mass is 32.2. The van der Waals surface area contributed by atoms with Crippen molar-refractivity contribution in [3.05, 3.63) is 29.8 Å². The van der Waals surface area contributed by atoms with E-state index in [0.717, 1.165) is 18.5 Å². The molecule has 0 saturated heterocycles. The molecular formula is C13H21NO2S. The van der Waals surface area contributed by atoms with Gasteiger partial charge in [0.1, 0.15) is 5.75 Å². The van der Waals surface area contributed by atoms with E-state index in [9.17, 15) is 9.32 Å². The van der Waals surface area contributed by atoms with Crippen LogP contribution < -0.4 is 5.32 Å². The van der Waals surface area contributed by atoms with Crippen molar-refractivity contribution in [1.29, 1.82) is 0 Å². The Bertz CT molecular complexity index is 364. The number of hydrogen-bond donors (Lipinski definition) is 2. The number of aromatic hydroxyl groups is 1. The Kier molecular flexibility index (Phi) is 5.65. The standard InChI is InChI=1S/C13H21NO2S/c1-10(17(3)16)8-9-14-11(2)12-4-6-13(15)7-5-12/h4-7,10-11,14-15H,8-9H2,1-3H3. The summed E-state index contributed by atoms with van der Waals surface area (Å²) in [6, 6.07) is 7.45. The minimum absolute atomic E-state index is 0.231. The maximum Gasteiger partial charge on any atom is 0.115 e.